The summed E-state index contributed by atoms with van der Waals surface area (Å²) in [5, 5.41) is 3.13. The van der Waals surface area contributed by atoms with Gasteiger partial charge in [0.25, 0.3) is 0 Å². The van der Waals surface area contributed by atoms with Gasteiger partial charge in [0, 0.05) is 12.1 Å². The highest BCUT2D eigenvalue weighted by Gasteiger charge is 2.09. The monoisotopic (exact) mass is 274 g/mol. The molecule has 1 heterocycles. The minimum atomic E-state index is 0.288. The van der Waals surface area contributed by atoms with Gasteiger partial charge in [-0.2, -0.15) is 15.0 Å². The van der Waals surface area contributed by atoms with Gasteiger partial charge >= 0.3 is 6.01 Å². The summed E-state index contributed by atoms with van der Waals surface area (Å²) in [6.45, 7) is 2.87. The van der Waals surface area contributed by atoms with Crippen molar-refractivity contribution >= 4 is 5.95 Å². The van der Waals surface area contributed by atoms with Crippen LogP contribution >= 0.6 is 0 Å². The molecule has 0 aliphatic rings. The lowest BCUT2D eigenvalue weighted by Gasteiger charge is -2.08. The third kappa shape index (κ3) is 3.34. The third-order valence-corrected chi connectivity index (χ3v) is 2.66. The molecule has 0 unspecified atom stereocenters. The zero-order valence-corrected chi connectivity index (χ0v) is 11.9. The Labute approximate surface area is 118 Å². The second-order valence-corrected chi connectivity index (χ2v) is 4.13. The maximum absolute atomic E-state index is 5.21. The van der Waals surface area contributed by atoms with Crippen molar-refractivity contribution < 1.29 is 9.47 Å². The molecule has 1 aromatic heterocycles. The molecule has 6 nitrogen and oxygen atoms in total. The molecule has 0 fully saturated rings. The normalized spacial score (nSPS) is 10.2. The Bertz CT molecular complexity index is 575. The standard InChI is InChI=1S/C14H18N4O2/c1-4-8-15-13-16-12(17-14(18-13)20-3)10-6-5-7-11(9-10)19-2/h5-7,9H,4,8H2,1-3H3,(H,15,16,17,18). The first-order chi connectivity index (χ1) is 9.76. The Hall–Kier alpha value is -2.37. The van der Waals surface area contributed by atoms with Crippen molar-refractivity contribution in [1.29, 1.82) is 0 Å². The van der Waals surface area contributed by atoms with E-state index < -0.39 is 0 Å². The maximum atomic E-state index is 5.21. The molecule has 0 spiro atoms. The van der Waals surface area contributed by atoms with Crippen LogP contribution in [0.3, 0.4) is 0 Å². The molecule has 0 aliphatic heterocycles. The van der Waals surface area contributed by atoms with Crippen LogP contribution < -0.4 is 14.8 Å². The Morgan fingerprint density at radius 2 is 1.95 bits per heavy atom. The first-order valence-corrected chi connectivity index (χ1v) is 6.45. The van der Waals surface area contributed by atoms with Crippen LogP contribution in [0.2, 0.25) is 0 Å². The van der Waals surface area contributed by atoms with Gasteiger partial charge in [0.15, 0.2) is 5.82 Å². The van der Waals surface area contributed by atoms with Crippen LogP contribution in [0, 0.1) is 0 Å². The molecule has 0 bridgehead atoms. The van der Waals surface area contributed by atoms with Crippen LogP contribution in [0.1, 0.15) is 13.3 Å². The quantitative estimate of drug-likeness (QED) is 0.872. The van der Waals surface area contributed by atoms with Crippen LogP contribution in [0.15, 0.2) is 24.3 Å². The lowest BCUT2D eigenvalue weighted by Crippen LogP contribution is -2.07. The number of nitrogens with zero attached hydrogens (tertiary/aromatic N) is 3. The van der Waals surface area contributed by atoms with Crippen LogP contribution in [-0.2, 0) is 0 Å². The number of nitrogens with one attached hydrogen (secondary N) is 1. The van der Waals surface area contributed by atoms with E-state index in [-0.39, 0.29) is 6.01 Å². The van der Waals surface area contributed by atoms with Gasteiger partial charge in [-0.1, -0.05) is 19.1 Å². The Balaban J connectivity index is 2.38. The average molecular weight is 274 g/mol. The van der Waals surface area contributed by atoms with Crippen LogP contribution in [0.25, 0.3) is 11.4 Å². The lowest BCUT2D eigenvalue weighted by atomic mass is 10.2. The molecular formula is C14H18N4O2. The second-order valence-electron chi connectivity index (χ2n) is 4.13. The predicted octanol–water partition coefficient (Wildman–Crippen LogP) is 2.38. The SMILES string of the molecule is CCCNc1nc(OC)nc(-c2cccc(OC)c2)n1. The van der Waals surface area contributed by atoms with Gasteiger partial charge in [0.05, 0.1) is 14.2 Å². The van der Waals surface area contributed by atoms with E-state index in [9.17, 15) is 0 Å². The summed E-state index contributed by atoms with van der Waals surface area (Å²) in [5.41, 5.74) is 0.851. The number of anilines is 1. The summed E-state index contributed by atoms with van der Waals surface area (Å²) in [6.07, 6.45) is 0.989. The minimum absolute atomic E-state index is 0.288. The zero-order chi connectivity index (χ0) is 14.4. The maximum Gasteiger partial charge on any atom is 0.321 e. The summed E-state index contributed by atoms with van der Waals surface area (Å²) < 4.78 is 10.3. The highest BCUT2D eigenvalue weighted by Crippen LogP contribution is 2.22. The van der Waals surface area contributed by atoms with Gasteiger partial charge < -0.3 is 14.8 Å². The summed E-state index contributed by atoms with van der Waals surface area (Å²) in [5.74, 6) is 1.82. The second kappa shape index (κ2) is 6.70. The summed E-state index contributed by atoms with van der Waals surface area (Å²) in [7, 11) is 3.16. The first kappa shape index (κ1) is 14.0. The number of hydrogen-bond donors (Lipinski definition) is 1. The van der Waals surface area contributed by atoms with E-state index in [1.807, 2.05) is 24.3 Å². The number of methoxy groups -OCH3 is 2. The zero-order valence-electron chi connectivity index (χ0n) is 11.9. The highest BCUT2D eigenvalue weighted by atomic mass is 16.5. The lowest BCUT2D eigenvalue weighted by molar-refractivity contribution is 0.379. The molecule has 2 aromatic rings. The van der Waals surface area contributed by atoms with Crippen molar-refractivity contribution in [3.05, 3.63) is 24.3 Å². The molecule has 6 heteroatoms. The van der Waals surface area contributed by atoms with E-state index in [1.165, 1.54) is 7.11 Å². The minimum Gasteiger partial charge on any atom is -0.497 e. The fourth-order valence-corrected chi connectivity index (χ4v) is 1.65. The van der Waals surface area contributed by atoms with Crippen molar-refractivity contribution in [2.75, 3.05) is 26.1 Å². The van der Waals surface area contributed by atoms with Gasteiger partial charge in [0.1, 0.15) is 5.75 Å². The number of ether oxygens (including phenoxy) is 2. The summed E-state index contributed by atoms with van der Waals surface area (Å²) >= 11 is 0. The Kier molecular flexibility index (Phi) is 4.70. The molecule has 0 atom stereocenters. The van der Waals surface area contributed by atoms with Crippen LogP contribution in [0.4, 0.5) is 5.95 Å². The molecular weight excluding hydrogens is 256 g/mol. The van der Waals surface area contributed by atoms with E-state index in [2.05, 4.69) is 27.2 Å². The highest BCUT2D eigenvalue weighted by molar-refractivity contribution is 5.58. The van der Waals surface area contributed by atoms with E-state index in [4.69, 9.17) is 9.47 Å². The van der Waals surface area contributed by atoms with Crippen molar-refractivity contribution in [3.8, 4) is 23.1 Å². The van der Waals surface area contributed by atoms with Gasteiger partial charge in [-0.3, -0.25) is 0 Å². The number of benzene rings is 1. The third-order valence-electron chi connectivity index (χ3n) is 2.66. The summed E-state index contributed by atoms with van der Waals surface area (Å²) in [6, 6.07) is 7.84. The number of hydrogen-bond acceptors (Lipinski definition) is 6. The molecule has 1 N–H and O–H groups in total. The fraction of sp³-hybridized carbons (Fsp3) is 0.357. The van der Waals surface area contributed by atoms with E-state index in [0.29, 0.717) is 11.8 Å². The molecule has 106 valence electrons. The van der Waals surface area contributed by atoms with E-state index >= 15 is 0 Å². The summed E-state index contributed by atoms with van der Waals surface area (Å²) in [4.78, 5) is 12.8. The van der Waals surface area contributed by atoms with Crippen molar-refractivity contribution in [3.63, 3.8) is 0 Å². The largest absolute Gasteiger partial charge is 0.497 e. The molecule has 0 saturated carbocycles. The Morgan fingerprint density at radius 1 is 1.10 bits per heavy atom. The Morgan fingerprint density at radius 3 is 2.65 bits per heavy atom. The predicted molar refractivity (Wildman–Crippen MR) is 77.1 cm³/mol. The average Bonchev–Trinajstić information content (AvgIpc) is 2.52. The smallest absolute Gasteiger partial charge is 0.321 e. The number of rotatable bonds is 6. The van der Waals surface area contributed by atoms with Crippen molar-refractivity contribution in [2.45, 2.75) is 13.3 Å². The number of aromatic nitrogens is 3. The van der Waals surface area contributed by atoms with E-state index in [1.54, 1.807) is 7.11 Å². The van der Waals surface area contributed by atoms with E-state index in [0.717, 1.165) is 24.3 Å². The van der Waals surface area contributed by atoms with Crippen LogP contribution in [0.5, 0.6) is 11.8 Å². The van der Waals surface area contributed by atoms with Gasteiger partial charge in [0.2, 0.25) is 5.95 Å². The molecule has 1 aromatic carbocycles. The van der Waals surface area contributed by atoms with Gasteiger partial charge in [-0.25, -0.2) is 0 Å². The molecule has 0 radical (unpaired) electrons. The molecule has 0 aliphatic carbocycles. The van der Waals surface area contributed by atoms with Gasteiger partial charge in [-0.05, 0) is 18.6 Å². The van der Waals surface area contributed by atoms with Gasteiger partial charge in [-0.15, -0.1) is 0 Å². The first-order valence-electron chi connectivity index (χ1n) is 6.45. The molecule has 0 saturated heterocycles. The van der Waals surface area contributed by atoms with Crippen LogP contribution in [-0.4, -0.2) is 35.7 Å². The fourth-order valence-electron chi connectivity index (χ4n) is 1.65. The van der Waals surface area contributed by atoms with Crippen molar-refractivity contribution in [2.24, 2.45) is 0 Å². The molecule has 0 amide bonds. The molecule has 2 rings (SSSR count). The molecule has 20 heavy (non-hydrogen) atoms. The topological polar surface area (TPSA) is 69.2 Å². The van der Waals surface area contributed by atoms with Crippen molar-refractivity contribution in [1.82, 2.24) is 15.0 Å².